The SMILES string of the molecule is COC[C@H](C[C@H]1[C@@H](C)C/C=C\[C@H](O)[C@@H]2CC[C@H]2CN2C[C@@]3(CCCc4cc(Cl)ccc43)COc3ccc(cc32)C(=O)NS1(=O)=O)OC(=O)c1ccccc1. The van der Waals surface area contributed by atoms with Crippen molar-refractivity contribution in [2.45, 2.75) is 74.7 Å². The maximum atomic E-state index is 14.2. The summed E-state index contributed by atoms with van der Waals surface area (Å²) in [6, 6.07) is 19.7. The fraction of sp³-hybridized carbons (Fsp3) is 0.476. The van der Waals surface area contributed by atoms with Crippen molar-refractivity contribution >= 4 is 39.2 Å². The van der Waals surface area contributed by atoms with Crippen molar-refractivity contribution in [3.05, 3.63) is 106 Å². The van der Waals surface area contributed by atoms with E-state index in [0.717, 1.165) is 37.8 Å². The number of nitrogens with zero attached hydrogens (tertiary/aromatic N) is 1. The molecule has 288 valence electrons. The zero-order valence-corrected chi connectivity index (χ0v) is 32.4. The van der Waals surface area contributed by atoms with Gasteiger partial charge in [0.2, 0.25) is 10.0 Å². The number of nitrogens with one attached hydrogen (secondary N) is 1. The number of halogens is 1. The van der Waals surface area contributed by atoms with Crippen LogP contribution < -0.4 is 14.4 Å². The van der Waals surface area contributed by atoms with Crippen LogP contribution in [0.3, 0.4) is 0 Å². The quantitative estimate of drug-likeness (QED) is 0.213. The predicted octanol–water partition coefficient (Wildman–Crippen LogP) is 6.49. The van der Waals surface area contributed by atoms with Crippen LogP contribution in [-0.2, 0) is 31.3 Å². The molecule has 0 saturated heterocycles. The molecule has 54 heavy (non-hydrogen) atoms. The van der Waals surface area contributed by atoms with Gasteiger partial charge in [0.05, 0.1) is 35.8 Å². The molecule has 3 aromatic rings. The largest absolute Gasteiger partial charge is 0.490 e. The molecule has 0 radical (unpaired) electrons. The third-order valence-corrected chi connectivity index (χ3v) is 14.1. The lowest BCUT2D eigenvalue weighted by Gasteiger charge is -2.45. The minimum Gasteiger partial charge on any atom is -0.490 e. The minimum absolute atomic E-state index is 0.0278. The number of anilines is 1. The first kappa shape index (κ1) is 38.4. The number of aliphatic hydroxyl groups excluding tert-OH is 1. The summed E-state index contributed by atoms with van der Waals surface area (Å²) < 4.78 is 48.6. The van der Waals surface area contributed by atoms with Gasteiger partial charge in [-0.15, -0.1) is 0 Å². The number of ether oxygens (including phenoxy) is 3. The third kappa shape index (κ3) is 8.05. The van der Waals surface area contributed by atoms with Gasteiger partial charge in [-0.3, -0.25) is 4.79 Å². The van der Waals surface area contributed by atoms with Gasteiger partial charge in [0.1, 0.15) is 11.9 Å². The monoisotopic (exact) mass is 776 g/mol. The first-order valence-corrected chi connectivity index (χ1v) is 20.8. The average molecular weight is 777 g/mol. The number of sulfonamides is 1. The number of aliphatic hydroxyl groups is 1. The molecule has 1 amide bonds. The van der Waals surface area contributed by atoms with Crippen LogP contribution in [0.5, 0.6) is 5.75 Å². The second-order valence-corrected chi connectivity index (χ2v) is 17.9. The van der Waals surface area contributed by atoms with E-state index in [0.29, 0.717) is 42.5 Å². The van der Waals surface area contributed by atoms with Crippen molar-refractivity contribution in [2.75, 3.05) is 38.3 Å². The molecular weight excluding hydrogens is 728 g/mol. The fourth-order valence-electron chi connectivity index (χ4n) is 8.85. The highest BCUT2D eigenvalue weighted by Gasteiger charge is 2.44. The van der Waals surface area contributed by atoms with Gasteiger partial charge in [-0.1, -0.05) is 54.9 Å². The van der Waals surface area contributed by atoms with Crippen LogP contribution in [0.2, 0.25) is 5.02 Å². The number of aryl methyl sites for hydroxylation is 1. The molecule has 1 fully saturated rings. The second-order valence-electron chi connectivity index (χ2n) is 15.5. The predicted molar refractivity (Wildman–Crippen MR) is 208 cm³/mol. The average Bonchev–Trinajstić information content (AvgIpc) is 3.28. The smallest absolute Gasteiger partial charge is 0.338 e. The molecule has 2 bridgehead atoms. The van der Waals surface area contributed by atoms with Gasteiger partial charge in [0.15, 0.2) is 0 Å². The lowest BCUT2D eigenvalue weighted by molar-refractivity contribution is 0.00169. The Hall–Kier alpha value is -3.90. The summed E-state index contributed by atoms with van der Waals surface area (Å²) in [5.41, 5.74) is 3.35. The van der Waals surface area contributed by atoms with Crippen molar-refractivity contribution in [3.8, 4) is 5.75 Å². The highest BCUT2D eigenvalue weighted by Crippen LogP contribution is 2.47. The number of methoxy groups -OCH3 is 1. The molecular formula is C42H49ClN2O8S. The van der Waals surface area contributed by atoms with Gasteiger partial charge in [0, 0.05) is 42.6 Å². The van der Waals surface area contributed by atoms with Crippen molar-refractivity contribution < 1.29 is 37.3 Å². The molecule has 12 heteroatoms. The van der Waals surface area contributed by atoms with Crippen LogP contribution in [-0.4, -0.2) is 76.3 Å². The van der Waals surface area contributed by atoms with E-state index in [2.05, 4.69) is 21.8 Å². The Labute approximate surface area is 322 Å². The number of benzene rings is 3. The zero-order chi connectivity index (χ0) is 38.0. The number of hydrogen-bond acceptors (Lipinski definition) is 9. The van der Waals surface area contributed by atoms with Crippen LogP contribution >= 0.6 is 11.6 Å². The number of carbonyl (C=O) groups excluding carboxylic acids is 2. The third-order valence-electron chi connectivity index (χ3n) is 11.9. The first-order valence-electron chi connectivity index (χ1n) is 18.9. The Morgan fingerprint density at radius 1 is 1.13 bits per heavy atom. The number of allylic oxidation sites excluding steroid dienone is 1. The maximum absolute atomic E-state index is 14.2. The highest BCUT2D eigenvalue weighted by molar-refractivity contribution is 7.90. The molecule has 7 rings (SSSR count). The number of hydrogen-bond donors (Lipinski definition) is 2. The van der Waals surface area contributed by atoms with E-state index in [1.54, 1.807) is 61.5 Å². The van der Waals surface area contributed by atoms with Crippen molar-refractivity contribution in [2.24, 2.45) is 17.8 Å². The Morgan fingerprint density at radius 2 is 1.94 bits per heavy atom. The molecule has 2 aliphatic carbocycles. The Balaban J connectivity index is 1.23. The Morgan fingerprint density at radius 3 is 2.70 bits per heavy atom. The van der Waals surface area contributed by atoms with E-state index in [1.807, 2.05) is 12.1 Å². The van der Waals surface area contributed by atoms with Gasteiger partial charge < -0.3 is 24.2 Å². The minimum atomic E-state index is -4.33. The summed E-state index contributed by atoms with van der Waals surface area (Å²) in [7, 11) is -2.88. The van der Waals surface area contributed by atoms with Crippen molar-refractivity contribution in [3.63, 3.8) is 0 Å². The van der Waals surface area contributed by atoms with Crippen molar-refractivity contribution in [1.82, 2.24) is 4.72 Å². The summed E-state index contributed by atoms with van der Waals surface area (Å²) in [4.78, 5) is 29.3. The summed E-state index contributed by atoms with van der Waals surface area (Å²) in [6.07, 6.45) is 6.88. The lowest BCUT2D eigenvalue weighted by Crippen LogP contribution is -2.49. The standard InChI is InChI=1S/C42H49ClN2O8S/c1-27-8-6-12-37(46)34-16-13-31(34)23-45-25-42(19-7-11-29-20-32(43)15-17-35(29)42)26-52-38-18-14-30(21-36(38)45)40(47)44-54(49,50)39(27)22-33(24-51-2)53-41(48)28-9-4-3-5-10-28/h3-6,9-10,12,14-15,17-18,20-21,27,31,33-34,37,39,46H,7-8,11,13,16,19,22-26H2,1-2H3,(H,44,47)/b12-6-/t27-,31-,33-,34+,37-,39-,42-/m0/s1. The van der Waals surface area contributed by atoms with Crippen LogP contribution in [0.15, 0.2) is 78.9 Å². The molecule has 0 unspecified atom stereocenters. The fourth-order valence-corrected chi connectivity index (χ4v) is 10.8. The molecule has 3 aromatic carbocycles. The number of rotatable bonds is 6. The van der Waals surface area contributed by atoms with Crippen molar-refractivity contribution in [1.29, 1.82) is 0 Å². The highest BCUT2D eigenvalue weighted by atomic mass is 35.5. The second kappa shape index (κ2) is 16.1. The van der Waals surface area contributed by atoms with E-state index in [-0.39, 0.29) is 35.8 Å². The number of esters is 1. The molecule has 4 aliphatic rings. The van der Waals surface area contributed by atoms with E-state index < -0.39 is 45.3 Å². The van der Waals surface area contributed by atoms with E-state index in [9.17, 15) is 23.1 Å². The molecule has 0 aromatic heterocycles. The molecule has 7 atom stereocenters. The van der Waals surface area contributed by atoms with Gasteiger partial charge in [-0.25, -0.2) is 17.9 Å². The molecule has 2 N–H and O–H groups in total. The Kier molecular flexibility index (Phi) is 11.4. The van der Waals surface area contributed by atoms with Crippen LogP contribution in [0.4, 0.5) is 5.69 Å². The summed E-state index contributed by atoms with van der Waals surface area (Å²) >= 11 is 6.43. The van der Waals surface area contributed by atoms with Crippen LogP contribution in [0, 0.1) is 17.8 Å². The van der Waals surface area contributed by atoms with Gasteiger partial charge in [-0.05, 0) is 110 Å². The van der Waals surface area contributed by atoms with E-state index >= 15 is 0 Å². The van der Waals surface area contributed by atoms with Gasteiger partial charge in [0.25, 0.3) is 5.91 Å². The molecule has 10 nitrogen and oxygen atoms in total. The normalized spacial score (nSPS) is 28.9. The number of carbonyl (C=O) groups is 2. The molecule has 1 spiro atoms. The summed E-state index contributed by atoms with van der Waals surface area (Å²) in [5.74, 6) is -1.02. The van der Waals surface area contributed by atoms with E-state index in [1.165, 1.54) is 18.2 Å². The van der Waals surface area contributed by atoms with Gasteiger partial charge >= 0.3 is 5.97 Å². The summed E-state index contributed by atoms with van der Waals surface area (Å²) in [6.45, 7) is 3.48. The number of amides is 1. The topological polar surface area (TPSA) is 131 Å². The van der Waals surface area contributed by atoms with E-state index in [4.69, 9.17) is 25.8 Å². The van der Waals surface area contributed by atoms with Gasteiger partial charge in [-0.2, -0.15) is 0 Å². The lowest BCUT2D eigenvalue weighted by atomic mass is 9.68. The first-order chi connectivity index (χ1) is 26.0. The zero-order valence-electron chi connectivity index (χ0n) is 30.8. The Bertz CT molecular complexity index is 1990. The molecule has 2 aliphatic heterocycles. The van der Waals surface area contributed by atoms with Crippen LogP contribution in [0.25, 0.3) is 0 Å². The summed E-state index contributed by atoms with van der Waals surface area (Å²) in [5, 5.41) is 11.0. The number of fused-ring (bicyclic) bond motifs is 4. The molecule has 1 saturated carbocycles. The van der Waals surface area contributed by atoms with Crippen LogP contribution in [0.1, 0.15) is 77.3 Å². The molecule has 2 heterocycles. The maximum Gasteiger partial charge on any atom is 0.338 e.